The van der Waals surface area contributed by atoms with Gasteiger partial charge >= 0.3 is 5.76 Å². The van der Waals surface area contributed by atoms with E-state index in [9.17, 15) is 4.79 Å². The van der Waals surface area contributed by atoms with Gasteiger partial charge in [-0.3, -0.25) is 4.98 Å². The summed E-state index contributed by atoms with van der Waals surface area (Å²) in [6.07, 6.45) is 3.12. The van der Waals surface area contributed by atoms with Crippen LogP contribution >= 0.6 is 11.6 Å². The van der Waals surface area contributed by atoms with E-state index in [0.29, 0.717) is 17.5 Å². The fourth-order valence-electron chi connectivity index (χ4n) is 1.51. The fraction of sp³-hybridized carbons (Fsp3) is 0.273. The lowest BCUT2D eigenvalue weighted by Gasteiger charge is -2.19. The van der Waals surface area contributed by atoms with E-state index in [1.807, 2.05) is 17.9 Å². The summed E-state index contributed by atoms with van der Waals surface area (Å²) >= 11 is 5.72. The van der Waals surface area contributed by atoms with Crippen LogP contribution in [-0.2, 0) is 6.54 Å². The molecule has 2 aromatic rings. The van der Waals surface area contributed by atoms with Gasteiger partial charge in [-0.1, -0.05) is 17.7 Å². The highest BCUT2D eigenvalue weighted by molar-refractivity contribution is 6.29. The molecule has 0 saturated carbocycles. The zero-order chi connectivity index (χ0) is 12.3. The van der Waals surface area contributed by atoms with Gasteiger partial charge in [-0.15, -0.1) is 0 Å². The number of hydrogen-bond donors (Lipinski definition) is 1. The van der Waals surface area contributed by atoms with Crippen molar-refractivity contribution >= 4 is 17.4 Å². The smallest absolute Gasteiger partial charge is 0.414 e. The maximum absolute atomic E-state index is 10.9. The average Bonchev–Trinajstić information content (AvgIpc) is 2.75. The zero-order valence-electron chi connectivity index (χ0n) is 9.31. The van der Waals surface area contributed by atoms with Crippen LogP contribution in [0.1, 0.15) is 12.5 Å². The molecule has 2 aromatic heterocycles. The Morgan fingerprint density at radius 1 is 1.53 bits per heavy atom. The molecule has 1 N–H and O–H groups in total. The molecule has 90 valence electrons. The van der Waals surface area contributed by atoms with Crippen molar-refractivity contribution in [1.29, 1.82) is 0 Å². The maximum Gasteiger partial charge on any atom is 0.417 e. The Morgan fingerprint density at radius 2 is 2.35 bits per heavy atom. The highest BCUT2D eigenvalue weighted by atomic mass is 35.5. The Labute approximate surface area is 103 Å². The Kier molecular flexibility index (Phi) is 3.49. The number of aromatic nitrogens is 2. The molecule has 5 nitrogen and oxygen atoms in total. The summed E-state index contributed by atoms with van der Waals surface area (Å²) in [4.78, 5) is 19.5. The van der Waals surface area contributed by atoms with Gasteiger partial charge in [0, 0.05) is 19.3 Å². The molecular weight excluding hydrogens is 242 g/mol. The molecule has 0 bridgehead atoms. The first kappa shape index (κ1) is 11.7. The Hall–Kier alpha value is -1.75. The molecule has 2 heterocycles. The van der Waals surface area contributed by atoms with Gasteiger partial charge in [0.1, 0.15) is 17.2 Å². The lowest BCUT2D eigenvalue weighted by atomic mass is 10.2. The molecule has 0 aromatic carbocycles. The monoisotopic (exact) mass is 253 g/mol. The van der Waals surface area contributed by atoms with Crippen molar-refractivity contribution in [2.75, 3.05) is 11.4 Å². The van der Waals surface area contributed by atoms with Crippen molar-refractivity contribution in [3.8, 4) is 0 Å². The van der Waals surface area contributed by atoms with Crippen LogP contribution in [0.25, 0.3) is 0 Å². The minimum Gasteiger partial charge on any atom is -0.414 e. The van der Waals surface area contributed by atoms with Gasteiger partial charge in [0.25, 0.3) is 0 Å². The predicted molar refractivity (Wildman–Crippen MR) is 65.3 cm³/mol. The number of anilines is 1. The first-order chi connectivity index (χ1) is 8.19. The van der Waals surface area contributed by atoms with Crippen molar-refractivity contribution in [2.24, 2.45) is 0 Å². The van der Waals surface area contributed by atoms with Crippen molar-refractivity contribution in [1.82, 2.24) is 9.97 Å². The van der Waals surface area contributed by atoms with E-state index < -0.39 is 5.76 Å². The van der Waals surface area contributed by atoms with Crippen LogP contribution in [-0.4, -0.2) is 16.5 Å². The Balaban J connectivity index is 2.15. The van der Waals surface area contributed by atoms with Crippen LogP contribution < -0.4 is 10.7 Å². The molecule has 0 spiro atoms. The highest BCUT2D eigenvalue weighted by Gasteiger charge is 2.08. The van der Waals surface area contributed by atoms with Crippen LogP contribution in [0, 0.1) is 0 Å². The predicted octanol–water partition coefficient (Wildman–Crippen LogP) is 2.04. The Bertz CT molecular complexity index is 532. The molecule has 0 aliphatic carbocycles. The van der Waals surface area contributed by atoms with Gasteiger partial charge in [0.05, 0.1) is 0 Å². The minimum atomic E-state index is -0.451. The molecule has 0 radical (unpaired) electrons. The number of hydrogen-bond acceptors (Lipinski definition) is 4. The van der Waals surface area contributed by atoms with Crippen LogP contribution in [0.2, 0.25) is 5.15 Å². The topological polar surface area (TPSA) is 62.1 Å². The summed E-state index contributed by atoms with van der Waals surface area (Å²) in [5.41, 5.74) is 1.01. The minimum absolute atomic E-state index is 0.451. The zero-order valence-corrected chi connectivity index (χ0v) is 10.1. The SMILES string of the molecule is CCN(Cc1ccc(Cl)nc1)c1coc(=O)[nH]1. The molecule has 0 unspecified atom stereocenters. The number of oxazole rings is 1. The summed E-state index contributed by atoms with van der Waals surface area (Å²) in [6, 6.07) is 3.64. The molecule has 0 aliphatic heterocycles. The van der Waals surface area contributed by atoms with Gasteiger partial charge in [0.15, 0.2) is 0 Å². The first-order valence-corrected chi connectivity index (χ1v) is 5.60. The quantitative estimate of drug-likeness (QED) is 0.847. The summed E-state index contributed by atoms with van der Waals surface area (Å²) in [5.74, 6) is 0.208. The van der Waals surface area contributed by atoms with Gasteiger partial charge in [0.2, 0.25) is 0 Å². The lowest BCUT2D eigenvalue weighted by molar-refractivity contribution is 0.515. The number of nitrogens with zero attached hydrogens (tertiary/aromatic N) is 2. The second kappa shape index (κ2) is 5.05. The molecule has 0 amide bonds. The van der Waals surface area contributed by atoms with E-state index in [-0.39, 0.29) is 0 Å². The van der Waals surface area contributed by atoms with Crippen molar-refractivity contribution < 1.29 is 4.42 Å². The second-order valence-electron chi connectivity index (χ2n) is 3.54. The number of aromatic amines is 1. The van der Waals surface area contributed by atoms with Gasteiger partial charge in [-0.05, 0) is 18.6 Å². The third-order valence-electron chi connectivity index (χ3n) is 2.39. The van der Waals surface area contributed by atoms with E-state index in [1.165, 1.54) is 6.26 Å². The molecule has 2 rings (SSSR count). The maximum atomic E-state index is 10.9. The number of rotatable bonds is 4. The van der Waals surface area contributed by atoms with Crippen LogP contribution in [0.4, 0.5) is 5.82 Å². The Morgan fingerprint density at radius 3 is 2.88 bits per heavy atom. The number of nitrogens with one attached hydrogen (secondary N) is 1. The average molecular weight is 254 g/mol. The number of halogens is 1. The van der Waals surface area contributed by atoms with Crippen molar-refractivity contribution in [2.45, 2.75) is 13.5 Å². The van der Waals surface area contributed by atoms with Crippen LogP contribution in [0.5, 0.6) is 0 Å². The second-order valence-corrected chi connectivity index (χ2v) is 3.92. The summed E-state index contributed by atoms with van der Waals surface area (Å²) in [6.45, 7) is 3.38. The summed E-state index contributed by atoms with van der Waals surface area (Å²) in [7, 11) is 0. The highest BCUT2D eigenvalue weighted by Crippen LogP contribution is 2.13. The largest absolute Gasteiger partial charge is 0.417 e. The van der Waals surface area contributed by atoms with Gasteiger partial charge in [-0.2, -0.15) is 0 Å². The number of pyridine rings is 1. The summed E-state index contributed by atoms with van der Waals surface area (Å²) < 4.78 is 4.71. The van der Waals surface area contributed by atoms with Crippen molar-refractivity contribution in [3.63, 3.8) is 0 Å². The normalized spacial score (nSPS) is 10.5. The third kappa shape index (κ3) is 2.88. The van der Waals surface area contributed by atoms with E-state index in [4.69, 9.17) is 16.0 Å². The van der Waals surface area contributed by atoms with Gasteiger partial charge in [-0.25, -0.2) is 9.78 Å². The van der Waals surface area contributed by atoms with E-state index in [2.05, 4.69) is 9.97 Å². The van der Waals surface area contributed by atoms with Gasteiger partial charge < -0.3 is 9.32 Å². The molecule has 0 fully saturated rings. The molecule has 0 saturated heterocycles. The van der Waals surface area contributed by atoms with Crippen LogP contribution in [0.3, 0.4) is 0 Å². The molecule has 6 heteroatoms. The molecule has 17 heavy (non-hydrogen) atoms. The lowest BCUT2D eigenvalue weighted by Crippen LogP contribution is -2.23. The first-order valence-electron chi connectivity index (χ1n) is 5.22. The summed E-state index contributed by atoms with van der Waals surface area (Å²) in [5, 5.41) is 0.466. The third-order valence-corrected chi connectivity index (χ3v) is 2.62. The van der Waals surface area contributed by atoms with E-state index >= 15 is 0 Å². The van der Waals surface area contributed by atoms with E-state index in [0.717, 1.165) is 12.1 Å². The molecular formula is C11H12ClN3O2. The molecule has 0 atom stereocenters. The van der Waals surface area contributed by atoms with Crippen molar-refractivity contribution in [3.05, 3.63) is 45.9 Å². The standard InChI is InChI=1S/C11H12ClN3O2/c1-2-15(10-7-17-11(16)14-10)6-8-3-4-9(12)13-5-8/h3-5,7H,2,6H2,1H3,(H,14,16). The van der Waals surface area contributed by atoms with E-state index in [1.54, 1.807) is 12.3 Å². The van der Waals surface area contributed by atoms with Crippen LogP contribution in [0.15, 0.2) is 33.8 Å². The molecule has 0 aliphatic rings. The fourth-order valence-corrected chi connectivity index (χ4v) is 1.63. The number of H-pyrrole nitrogens is 1.